The maximum atomic E-state index is 15.0. The molecule has 2 aromatic rings. The number of halogens is 4. The summed E-state index contributed by atoms with van der Waals surface area (Å²) in [5.74, 6) is -1.20. The van der Waals surface area contributed by atoms with Crippen molar-refractivity contribution >= 4 is 45.5 Å². The maximum absolute atomic E-state index is 15.0. The smallest absolute Gasteiger partial charge is 0.485 e. The average Bonchev–Trinajstić information content (AvgIpc) is 3.51. The zero-order valence-electron chi connectivity index (χ0n) is 22.9. The number of pyridine rings is 1. The molecular formula is C25H26F4N5O9S-. The fraction of sp³-hybridized carbons (Fsp3) is 0.400. The second kappa shape index (κ2) is 14.0. The zero-order chi connectivity index (χ0) is 32.8. The highest BCUT2D eigenvalue weighted by atomic mass is 32.2. The highest BCUT2D eigenvalue weighted by Gasteiger charge is 2.37. The van der Waals surface area contributed by atoms with Crippen LogP contribution in [0.3, 0.4) is 0 Å². The fourth-order valence-corrected chi connectivity index (χ4v) is 4.09. The van der Waals surface area contributed by atoms with E-state index in [9.17, 15) is 36.7 Å². The number of esters is 1. The van der Waals surface area contributed by atoms with Crippen molar-refractivity contribution in [3.8, 4) is 11.1 Å². The lowest BCUT2D eigenvalue weighted by Crippen LogP contribution is -2.33. The SMILES string of the molecule is CC(=O)NC[C@H]1CN(c2ccc(-c3ccc(N4CC(COC(=O)CN)CC4=O)nc3)c(F)c2)C(=O)O1.O=S(=O)([O-])C(F)(F)F. The molecule has 0 bridgehead atoms. The zero-order valence-corrected chi connectivity index (χ0v) is 23.7. The Morgan fingerprint density at radius 2 is 1.86 bits per heavy atom. The van der Waals surface area contributed by atoms with Gasteiger partial charge in [-0.1, -0.05) is 0 Å². The van der Waals surface area contributed by atoms with Crippen LogP contribution in [0.4, 0.5) is 33.9 Å². The first-order valence-electron chi connectivity index (χ1n) is 12.7. The number of aromatic nitrogens is 1. The molecule has 0 spiro atoms. The predicted molar refractivity (Wildman–Crippen MR) is 142 cm³/mol. The summed E-state index contributed by atoms with van der Waals surface area (Å²) in [6, 6.07) is 7.66. The maximum Gasteiger partial charge on any atom is 0.485 e. The Morgan fingerprint density at radius 3 is 2.41 bits per heavy atom. The second-order valence-electron chi connectivity index (χ2n) is 9.48. The molecular weight excluding hydrogens is 622 g/mol. The summed E-state index contributed by atoms with van der Waals surface area (Å²) in [6.07, 6.45) is 0.550. The van der Waals surface area contributed by atoms with Crippen molar-refractivity contribution in [1.29, 1.82) is 0 Å². The number of cyclic esters (lactones) is 1. The molecule has 240 valence electrons. The molecule has 44 heavy (non-hydrogen) atoms. The number of anilines is 2. The van der Waals surface area contributed by atoms with Crippen molar-refractivity contribution in [2.45, 2.75) is 25.0 Å². The van der Waals surface area contributed by atoms with Crippen molar-refractivity contribution in [2.75, 3.05) is 42.6 Å². The molecule has 0 radical (unpaired) electrons. The summed E-state index contributed by atoms with van der Waals surface area (Å²) in [4.78, 5) is 54.0. The van der Waals surface area contributed by atoms with Gasteiger partial charge in [-0.3, -0.25) is 24.2 Å². The minimum absolute atomic E-state index is 0.104. The van der Waals surface area contributed by atoms with Gasteiger partial charge in [0.25, 0.3) is 0 Å². The molecule has 2 fully saturated rings. The molecule has 3 amide bonds. The first-order chi connectivity index (χ1) is 20.5. The van der Waals surface area contributed by atoms with Gasteiger partial charge in [0.05, 0.1) is 31.9 Å². The van der Waals surface area contributed by atoms with Crippen molar-refractivity contribution in [3.05, 3.63) is 42.3 Å². The lowest BCUT2D eigenvalue weighted by Gasteiger charge is -2.17. The average molecular weight is 649 g/mol. The third-order valence-electron chi connectivity index (χ3n) is 6.19. The molecule has 4 rings (SSSR count). The molecule has 2 aliphatic rings. The van der Waals surface area contributed by atoms with Gasteiger partial charge < -0.3 is 25.1 Å². The van der Waals surface area contributed by atoms with Crippen LogP contribution in [0, 0.1) is 11.7 Å². The number of carbonyl (C=O) groups is 4. The number of ether oxygens (including phenoxy) is 2. The highest BCUT2D eigenvalue weighted by Crippen LogP contribution is 2.31. The van der Waals surface area contributed by atoms with Crippen LogP contribution in [0.15, 0.2) is 36.5 Å². The van der Waals surface area contributed by atoms with E-state index in [2.05, 4.69) is 10.3 Å². The van der Waals surface area contributed by atoms with Gasteiger partial charge in [-0.05, 0) is 30.3 Å². The molecule has 2 aliphatic heterocycles. The minimum atomic E-state index is -6.09. The molecule has 3 heterocycles. The van der Waals surface area contributed by atoms with Crippen LogP contribution >= 0.6 is 0 Å². The Bertz CT molecular complexity index is 1510. The van der Waals surface area contributed by atoms with Crippen molar-refractivity contribution in [2.24, 2.45) is 11.7 Å². The van der Waals surface area contributed by atoms with Gasteiger partial charge in [0.2, 0.25) is 11.8 Å². The van der Waals surface area contributed by atoms with Gasteiger partial charge in [-0.15, -0.1) is 0 Å². The molecule has 2 saturated heterocycles. The van der Waals surface area contributed by atoms with E-state index < -0.39 is 39.6 Å². The van der Waals surface area contributed by atoms with Crippen LogP contribution in [0.5, 0.6) is 0 Å². The van der Waals surface area contributed by atoms with Crippen LogP contribution in [-0.4, -0.2) is 86.2 Å². The molecule has 3 N–H and O–H groups in total. The van der Waals surface area contributed by atoms with E-state index in [1.165, 1.54) is 29.0 Å². The standard InChI is InChI=1S/C24H26FN5O6.CHF3O3S/c1-14(31)27-10-18-12-29(24(34)36-18)17-3-4-19(20(25)7-17)16-2-5-21(28-9-16)30-11-15(6-22(30)32)13-35-23(33)8-26;2-1(3,4)8(5,6)7/h2-5,7,9,15,18H,6,8,10-13,26H2,1H3,(H,27,31);(H,5,6,7)/p-1/t15?,18-;/m0./s1. The van der Waals surface area contributed by atoms with E-state index >= 15 is 0 Å². The highest BCUT2D eigenvalue weighted by molar-refractivity contribution is 7.86. The Morgan fingerprint density at radius 1 is 1.18 bits per heavy atom. The van der Waals surface area contributed by atoms with E-state index in [1.807, 2.05) is 0 Å². The van der Waals surface area contributed by atoms with Crippen LogP contribution in [0.2, 0.25) is 0 Å². The van der Waals surface area contributed by atoms with Gasteiger partial charge in [0.1, 0.15) is 17.7 Å². The number of nitrogens with two attached hydrogens (primary N) is 1. The largest absolute Gasteiger partial charge is 0.741 e. The summed E-state index contributed by atoms with van der Waals surface area (Å²) in [7, 11) is -6.09. The second-order valence-corrected chi connectivity index (χ2v) is 10.9. The first-order valence-corrected chi connectivity index (χ1v) is 14.1. The van der Waals surface area contributed by atoms with E-state index in [0.29, 0.717) is 23.6 Å². The van der Waals surface area contributed by atoms with E-state index in [1.54, 1.807) is 24.3 Å². The van der Waals surface area contributed by atoms with Gasteiger partial charge >= 0.3 is 17.6 Å². The van der Waals surface area contributed by atoms with Gasteiger partial charge in [0.15, 0.2) is 10.1 Å². The molecule has 1 unspecified atom stereocenters. The lowest BCUT2D eigenvalue weighted by molar-refractivity contribution is -0.143. The summed E-state index contributed by atoms with van der Waals surface area (Å²) >= 11 is 0. The number of hydrogen-bond donors (Lipinski definition) is 2. The molecule has 19 heteroatoms. The summed E-state index contributed by atoms with van der Waals surface area (Å²) in [5.41, 5.74) is 0.684. The Balaban J connectivity index is 0.000000583. The molecule has 0 aliphatic carbocycles. The third-order valence-corrected chi connectivity index (χ3v) is 6.75. The monoisotopic (exact) mass is 648 g/mol. The Hall–Kier alpha value is -4.36. The molecule has 1 aromatic carbocycles. The lowest BCUT2D eigenvalue weighted by atomic mass is 10.1. The predicted octanol–water partition coefficient (Wildman–Crippen LogP) is 1.26. The number of amides is 3. The molecule has 2 atom stereocenters. The molecule has 1 aromatic heterocycles. The van der Waals surface area contributed by atoms with E-state index in [0.717, 1.165) is 0 Å². The summed E-state index contributed by atoms with van der Waals surface area (Å²) in [6.45, 7) is 1.96. The van der Waals surface area contributed by atoms with Gasteiger partial charge in [0, 0.05) is 43.1 Å². The number of carbonyl (C=O) groups excluding carboxylic acids is 4. The number of rotatable bonds is 8. The van der Waals surface area contributed by atoms with Crippen LogP contribution < -0.4 is 20.9 Å². The molecule has 0 saturated carbocycles. The molecule has 14 nitrogen and oxygen atoms in total. The van der Waals surface area contributed by atoms with Gasteiger partial charge in [-0.2, -0.15) is 13.2 Å². The summed E-state index contributed by atoms with van der Waals surface area (Å²) in [5, 5.41) is 2.59. The number of benzene rings is 1. The minimum Gasteiger partial charge on any atom is -0.741 e. The van der Waals surface area contributed by atoms with Crippen molar-refractivity contribution in [3.63, 3.8) is 0 Å². The first kappa shape index (κ1) is 34.1. The van der Waals surface area contributed by atoms with Crippen LogP contribution in [0.25, 0.3) is 11.1 Å². The topological polar surface area (TPSA) is 201 Å². The van der Waals surface area contributed by atoms with Gasteiger partial charge in [-0.25, -0.2) is 22.6 Å². The number of nitrogens with zero attached hydrogens (tertiary/aromatic N) is 3. The van der Waals surface area contributed by atoms with E-state index in [4.69, 9.17) is 28.2 Å². The van der Waals surface area contributed by atoms with Crippen molar-refractivity contribution < 1.29 is 59.2 Å². The number of alkyl halides is 3. The fourth-order valence-electron chi connectivity index (χ4n) is 4.09. The van der Waals surface area contributed by atoms with Crippen molar-refractivity contribution in [1.82, 2.24) is 10.3 Å². The Labute approximate surface area is 247 Å². The Kier molecular flexibility index (Phi) is 10.8. The van der Waals surface area contributed by atoms with E-state index in [-0.39, 0.29) is 56.0 Å². The summed E-state index contributed by atoms with van der Waals surface area (Å²) < 4.78 is 84.1. The number of hydrogen-bond acceptors (Lipinski definition) is 11. The quantitative estimate of drug-likeness (QED) is 0.181. The van der Waals surface area contributed by atoms with Crippen LogP contribution in [-0.2, 0) is 34.0 Å². The van der Waals surface area contributed by atoms with Crippen LogP contribution in [0.1, 0.15) is 13.3 Å². The third kappa shape index (κ3) is 8.83. The number of nitrogens with one attached hydrogen (secondary N) is 1. The normalized spacial score (nSPS) is 18.4.